The lowest BCUT2D eigenvalue weighted by Crippen LogP contribution is -1.98. The first-order valence-electron chi connectivity index (χ1n) is 3.48. The minimum Gasteiger partial charge on any atom is -0.207 e. The molecule has 0 nitrogen and oxygen atoms in total. The standard InChI is InChI=1S/C9H8F2S/c1-5-3-8(10)6(2)9(11)7(5)4-12/h3-4H,1-2H3. The Balaban J connectivity index is 3.51. The second-order valence-electron chi connectivity index (χ2n) is 2.65. The molecule has 0 unspecified atom stereocenters. The van der Waals surface area contributed by atoms with Crippen LogP contribution >= 0.6 is 12.2 Å². The van der Waals surface area contributed by atoms with E-state index in [4.69, 9.17) is 0 Å². The average Bonchev–Trinajstić information content (AvgIpc) is 2.01. The van der Waals surface area contributed by atoms with Crippen molar-refractivity contribution in [2.24, 2.45) is 0 Å². The molecule has 0 spiro atoms. The molecule has 0 heterocycles. The summed E-state index contributed by atoms with van der Waals surface area (Å²) in [5.41, 5.74) is 0.867. The Labute approximate surface area is 75.2 Å². The predicted molar refractivity (Wildman–Crippen MR) is 48.6 cm³/mol. The van der Waals surface area contributed by atoms with Crippen LogP contribution in [0, 0.1) is 25.5 Å². The highest BCUT2D eigenvalue weighted by Gasteiger charge is 2.10. The van der Waals surface area contributed by atoms with E-state index in [0.29, 0.717) is 11.1 Å². The largest absolute Gasteiger partial charge is 0.207 e. The van der Waals surface area contributed by atoms with Gasteiger partial charge in [0.2, 0.25) is 0 Å². The maximum atomic E-state index is 13.2. The number of hydrogen-bond acceptors (Lipinski definition) is 1. The molecule has 0 amide bonds. The van der Waals surface area contributed by atoms with Crippen LogP contribution in [0.2, 0.25) is 0 Å². The SMILES string of the molecule is Cc1cc(F)c(C)c(F)c1C=S. The summed E-state index contributed by atoms with van der Waals surface area (Å²) < 4.78 is 26.1. The highest BCUT2D eigenvalue weighted by molar-refractivity contribution is 7.79. The van der Waals surface area contributed by atoms with Crippen molar-refractivity contribution in [2.45, 2.75) is 13.8 Å². The van der Waals surface area contributed by atoms with E-state index in [1.165, 1.54) is 18.4 Å². The van der Waals surface area contributed by atoms with E-state index in [0.717, 1.165) is 0 Å². The van der Waals surface area contributed by atoms with Gasteiger partial charge in [0.05, 0.1) is 0 Å². The molecular weight excluding hydrogens is 178 g/mol. The third-order valence-electron chi connectivity index (χ3n) is 1.81. The molecule has 0 N–H and O–H groups in total. The Morgan fingerprint density at radius 2 is 1.92 bits per heavy atom. The van der Waals surface area contributed by atoms with E-state index in [9.17, 15) is 8.78 Å². The molecule has 1 rings (SSSR count). The van der Waals surface area contributed by atoms with Gasteiger partial charge in [-0.2, -0.15) is 0 Å². The Morgan fingerprint density at radius 1 is 1.33 bits per heavy atom. The van der Waals surface area contributed by atoms with Gasteiger partial charge < -0.3 is 0 Å². The Morgan fingerprint density at radius 3 is 2.42 bits per heavy atom. The fourth-order valence-corrected chi connectivity index (χ4v) is 1.29. The van der Waals surface area contributed by atoms with Crippen molar-refractivity contribution in [1.82, 2.24) is 0 Å². The third-order valence-corrected chi connectivity index (χ3v) is 2.05. The monoisotopic (exact) mass is 186 g/mol. The van der Waals surface area contributed by atoms with Gasteiger partial charge >= 0.3 is 0 Å². The van der Waals surface area contributed by atoms with Crippen LogP contribution in [0.15, 0.2) is 6.07 Å². The number of rotatable bonds is 1. The maximum absolute atomic E-state index is 13.2. The van der Waals surface area contributed by atoms with Crippen LogP contribution in [0.25, 0.3) is 0 Å². The smallest absolute Gasteiger partial charge is 0.137 e. The van der Waals surface area contributed by atoms with E-state index < -0.39 is 11.6 Å². The zero-order valence-corrected chi connectivity index (χ0v) is 7.64. The third kappa shape index (κ3) is 1.37. The lowest BCUT2D eigenvalue weighted by molar-refractivity contribution is 0.565. The molecule has 12 heavy (non-hydrogen) atoms. The molecule has 0 aliphatic rings. The zero-order valence-electron chi connectivity index (χ0n) is 6.82. The molecule has 0 fully saturated rings. The highest BCUT2D eigenvalue weighted by atomic mass is 32.1. The van der Waals surface area contributed by atoms with Gasteiger partial charge in [-0.15, -0.1) is 0 Å². The number of aryl methyl sites for hydroxylation is 1. The lowest BCUT2D eigenvalue weighted by atomic mass is 10.1. The van der Waals surface area contributed by atoms with E-state index in [1.807, 2.05) is 0 Å². The van der Waals surface area contributed by atoms with Crippen LogP contribution in [0.4, 0.5) is 8.78 Å². The topological polar surface area (TPSA) is 0 Å². The van der Waals surface area contributed by atoms with Crippen molar-refractivity contribution < 1.29 is 8.78 Å². The first kappa shape index (κ1) is 9.26. The summed E-state index contributed by atoms with van der Waals surface area (Å²) in [4.78, 5) is 0. The summed E-state index contributed by atoms with van der Waals surface area (Å²) in [6.07, 6.45) is 0. The molecule has 3 heteroatoms. The van der Waals surface area contributed by atoms with Crippen molar-refractivity contribution in [3.8, 4) is 0 Å². The molecular formula is C9H8F2S. The van der Waals surface area contributed by atoms with Crippen LogP contribution in [0.3, 0.4) is 0 Å². The van der Waals surface area contributed by atoms with Gasteiger partial charge in [-0.1, -0.05) is 12.2 Å². The molecule has 0 aliphatic carbocycles. The van der Waals surface area contributed by atoms with Gasteiger partial charge in [-0.05, 0) is 25.5 Å². The molecule has 0 saturated heterocycles. The number of halogens is 2. The Bertz CT molecular complexity index is 332. The molecule has 1 aromatic rings. The summed E-state index contributed by atoms with van der Waals surface area (Å²) in [6, 6.07) is 1.29. The first-order valence-corrected chi connectivity index (χ1v) is 3.95. The van der Waals surface area contributed by atoms with E-state index in [2.05, 4.69) is 12.2 Å². The Kier molecular flexibility index (Phi) is 2.52. The zero-order chi connectivity index (χ0) is 9.30. The normalized spacial score (nSPS) is 10.0. The molecule has 0 radical (unpaired) electrons. The van der Waals surface area contributed by atoms with Crippen LogP contribution < -0.4 is 0 Å². The van der Waals surface area contributed by atoms with Crippen molar-refractivity contribution in [3.05, 3.63) is 34.4 Å². The minimum absolute atomic E-state index is 0.0247. The molecule has 0 aromatic heterocycles. The number of thiocarbonyl (C=S) groups is 1. The second kappa shape index (κ2) is 3.27. The molecule has 1 aromatic carbocycles. The van der Waals surface area contributed by atoms with Gasteiger partial charge in [-0.25, -0.2) is 8.78 Å². The fourth-order valence-electron chi connectivity index (χ4n) is 1.00. The maximum Gasteiger partial charge on any atom is 0.137 e. The molecule has 0 atom stereocenters. The summed E-state index contributed by atoms with van der Waals surface area (Å²) in [5.74, 6) is -1.08. The Hall–Kier alpha value is -0.830. The van der Waals surface area contributed by atoms with Gasteiger partial charge in [-0.3, -0.25) is 0 Å². The van der Waals surface area contributed by atoms with Crippen molar-refractivity contribution in [1.29, 1.82) is 0 Å². The van der Waals surface area contributed by atoms with Crippen molar-refractivity contribution >= 4 is 17.6 Å². The van der Waals surface area contributed by atoms with E-state index >= 15 is 0 Å². The van der Waals surface area contributed by atoms with Crippen LogP contribution in [-0.2, 0) is 0 Å². The van der Waals surface area contributed by atoms with Crippen molar-refractivity contribution in [2.75, 3.05) is 0 Å². The molecule has 0 aliphatic heterocycles. The first-order chi connectivity index (χ1) is 5.57. The molecule has 0 saturated carbocycles. The number of benzene rings is 1. The van der Waals surface area contributed by atoms with Gasteiger partial charge in [0.15, 0.2) is 0 Å². The predicted octanol–water partition coefficient (Wildman–Crippen LogP) is 2.93. The summed E-state index contributed by atoms with van der Waals surface area (Å²) in [5, 5.41) is 1.23. The van der Waals surface area contributed by atoms with Crippen molar-refractivity contribution in [3.63, 3.8) is 0 Å². The number of hydrogen-bond donors (Lipinski definition) is 0. The molecule has 0 bridgehead atoms. The minimum atomic E-state index is -0.553. The highest BCUT2D eigenvalue weighted by Crippen LogP contribution is 2.18. The van der Waals surface area contributed by atoms with Crippen LogP contribution in [-0.4, -0.2) is 5.37 Å². The van der Waals surface area contributed by atoms with Crippen LogP contribution in [0.1, 0.15) is 16.7 Å². The lowest BCUT2D eigenvalue weighted by Gasteiger charge is -2.05. The van der Waals surface area contributed by atoms with Gasteiger partial charge in [0.25, 0.3) is 0 Å². The van der Waals surface area contributed by atoms with E-state index in [-0.39, 0.29) is 5.56 Å². The molecule has 64 valence electrons. The second-order valence-corrected chi connectivity index (χ2v) is 2.88. The van der Waals surface area contributed by atoms with Gasteiger partial charge in [0.1, 0.15) is 11.6 Å². The average molecular weight is 186 g/mol. The summed E-state index contributed by atoms with van der Waals surface area (Å²) >= 11 is 4.61. The summed E-state index contributed by atoms with van der Waals surface area (Å²) in [6.45, 7) is 3.02. The fraction of sp³-hybridized carbons (Fsp3) is 0.222. The van der Waals surface area contributed by atoms with E-state index in [1.54, 1.807) is 6.92 Å². The van der Waals surface area contributed by atoms with Gasteiger partial charge in [0, 0.05) is 16.5 Å². The quantitative estimate of drug-likeness (QED) is 0.608. The summed E-state index contributed by atoms with van der Waals surface area (Å²) in [7, 11) is 0. The van der Waals surface area contributed by atoms with Crippen LogP contribution in [0.5, 0.6) is 0 Å².